The molecule has 0 aliphatic carbocycles. The molecule has 4 heteroatoms. The van der Waals surface area contributed by atoms with Gasteiger partial charge in [-0.2, -0.15) is 8.42 Å². The second kappa shape index (κ2) is 8.01. The predicted molar refractivity (Wildman–Crippen MR) is 101 cm³/mol. The Labute approximate surface area is 148 Å². The maximum Gasteiger partial charge on any atom is 0.294 e. The lowest BCUT2D eigenvalue weighted by molar-refractivity contribution is 0.231. The molecule has 3 nitrogen and oxygen atoms in total. The van der Waals surface area contributed by atoms with Crippen molar-refractivity contribution in [3.8, 4) is 0 Å². The second-order valence-corrected chi connectivity index (χ2v) is 9.94. The maximum atomic E-state index is 12.0. The van der Waals surface area contributed by atoms with Gasteiger partial charge in [0.15, 0.2) is 0 Å². The Hall–Kier alpha value is -0.870. The zero-order valence-electron chi connectivity index (χ0n) is 16.3. The molecule has 1 N–H and O–H groups in total. The van der Waals surface area contributed by atoms with E-state index < -0.39 is 10.1 Å². The molecule has 0 aliphatic heterocycles. The van der Waals surface area contributed by atoms with Crippen molar-refractivity contribution in [2.45, 2.75) is 78.0 Å². The molecule has 1 aromatic rings. The third-order valence-corrected chi connectivity index (χ3v) is 5.29. The Balaban J connectivity index is 3.72. The predicted octanol–water partition coefficient (Wildman–Crippen LogP) is 5.62. The molecule has 0 fully saturated rings. The molecule has 0 amide bonds. The van der Waals surface area contributed by atoms with Crippen LogP contribution in [0.15, 0.2) is 23.1 Å². The van der Waals surface area contributed by atoms with E-state index in [-0.39, 0.29) is 10.3 Å². The molecule has 1 rings (SSSR count). The molecule has 1 aromatic carbocycles. The Morgan fingerprint density at radius 1 is 0.917 bits per heavy atom. The summed E-state index contributed by atoms with van der Waals surface area (Å²) in [5.41, 5.74) is 1.58. The molecule has 0 bridgehead atoms. The summed E-state index contributed by atoms with van der Waals surface area (Å²) < 4.78 is 33.8. The van der Waals surface area contributed by atoms with E-state index in [0.717, 1.165) is 30.4 Å². The molecule has 0 unspecified atom stereocenters. The quantitative estimate of drug-likeness (QED) is 0.617. The van der Waals surface area contributed by atoms with Gasteiger partial charge in [-0.3, -0.25) is 4.55 Å². The van der Waals surface area contributed by atoms with Gasteiger partial charge in [0.25, 0.3) is 10.1 Å². The minimum absolute atomic E-state index is 0.0788. The smallest absolute Gasteiger partial charge is 0.282 e. The van der Waals surface area contributed by atoms with Crippen LogP contribution in [0.2, 0.25) is 0 Å². The second-order valence-electron chi connectivity index (χ2n) is 8.55. The first kappa shape index (κ1) is 21.2. The normalized spacial score (nSPS) is 13.3. The molecule has 0 aromatic heterocycles. The third kappa shape index (κ3) is 5.59. The van der Waals surface area contributed by atoms with Crippen LogP contribution in [0, 0.1) is 24.7 Å². The van der Waals surface area contributed by atoms with Gasteiger partial charge in [-0.15, -0.1) is 0 Å². The summed E-state index contributed by atoms with van der Waals surface area (Å²) in [7, 11) is -4.24. The Morgan fingerprint density at radius 3 is 1.67 bits per heavy atom. The van der Waals surface area contributed by atoms with Crippen LogP contribution in [0.1, 0.15) is 71.9 Å². The molecule has 0 heterocycles. The molecule has 0 atom stereocenters. The Morgan fingerprint density at radius 2 is 1.33 bits per heavy atom. The summed E-state index contributed by atoms with van der Waals surface area (Å²) in [6.45, 7) is 15.0. The van der Waals surface area contributed by atoms with E-state index in [0.29, 0.717) is 17.8 Å². The molecule has 0 saturated heterocycles. The highest BCUT2D eigenvalue weighted by Gasteiger charge is 2.38. The van der Waals surface area contributed by atoms with Crippen molar-refractivity contribution < 1.29 is 13.0 Å². The van der Waals surface area contributed by atoms with Crippen molar-refractivity contribution in [1.82, 2.24) is 0 Å². The van der Waals surface area contributed by atoms with Crippen LogP contribution in [0.3, 0.4) is 0 Å². The van der Waals surface area contributed by atoms with E-state index in [9.17, 15) is 13.0 Å². The van der Waals surface area contributed by atoms with Crippen molar-refractivity contribution in [2.75, 3.05) is 0 Å². The van der Waals surface area contributed by atoms with Crippen molar-refractivity contribution in [3.63, 3.8) is 0 Å². The van der Waals surface area contributed by atoms with Gasteiger partial charge in [-0.05, 0) is 61.0 Å². The average molecular weight is 355 g/mol. The zero-order valence-corrected chi connectivity index (χ0v) is 17.1. The lowest BCUT2D eigenvalue weighted by Crippen LogP contribution is -2.33. The van der Waals surface area contributed by atoms with Gasteiger partial charge in [0, 0.05) is 0 Å². The van der Waals surface area contributed by atoms with Gasteiger partial charge < -0.3 is 0 Å². The zero-order chi connectivity index (χ0) is 18.7. The first-order chi connectivity index (χ1) is 10.9. The van der Waals surface area contributed by atoms with Crippen LogP contribution >= 0.6 is 0 Å². The fraction of sp³-hybridized carbons (Fsp3) is 0.700. The minimum Gasteiger partial charge on any atom is -0.282 e. The lowest BCUT2D eigenvalue weighted by atomic mass is 9.65. The molecule has 0 aliphatic rings. The van der Waals surface area contributed by atoms with Crippen LogP contribution in [0.25, 0.3) is 0 Å². The number of hydrogen-bond acceptors (Lipinski definition) is 2. The number of hydrogen-bond donors (Lipinski definition) is 1. The summed E-state index contributed by atoms with van der Waals surface area (Å²) in [4.78, 5) is 0.0788. The van der Waals surface area contributed by atoms with Crippen LogP contribution < -0.4 is 0 Å². The van der Waals surface area contributed by atoms with Crippen molar-refractivity contribution >= 4 is 10.1 Å². The van der Waals surface area contributed by atoms with E-state index in [1.165, 1.54) is 0 Å². The summed E-state index contributed by atoms with van der Waals surface area (Å²) in [5.74, 6) is 1.33. The molecule has 0 radical (unpaired) electrons. The monoisotopic (exact) mass is 354 g/mol. The Kier molecular flexibility index (Phi) is 7.06. The topological polar surface area (TPSA) is 54.4 Å². The van der Waals surface area contributed by atoms with Crippen LogP contribution in [0.5, 0.6) is 0 Å². The van der Waals surface area contributed by atoms with Gasteiger partial charge in [0.1, 0.15) is 0 Å². The highest BCUT2D eigenvalue weighted by Crippen LogP contribution is 2.45. The average Bonchev–Trinajstić information content (AvgIpc) is 2.34. The summed E-state index contributed by atoms with van der Waals surface area (Å²) in [5, 5.41) is 0. The highest BCUT2D eigenvalue weighted by molar-refractivity contribution is 7.85. The largest absolute Gasteiger partial charge is 0.294 e. The fourth-order valence-corrected chi connectivity index (χ4v) is 5.00. The number of rotatable bonds is 8. The molecular formula is C20H34O3S. The van der Waals surface area contributed by atoms with Crippen LogP contribution in [-0.2, 0) is 15.5 Å². The standard InChI is InChI=1S/C20H34O3S/c1-14(2)11-20(12-15(3)4,13-16(5)6)18-10-17(7)8-9-19(18)24(21,22)23/h8-10,14-16H,11-13H2,1-7H3,(H,21,22,23). The lowest BCUT2D eigenvalue weighted by Gasteiger charge is -2.40. The van der Waals surface area contributed by atoms with E-state index in [2.05, 4.69) is 41.5 Å². The third-order valence-electron chi connectivity index (χ3n) is 4.38. The van der Waals surface area contributed by atoms with Crippen molar-refractivity contribution in [2.24, 2.45) is 17.8 Å². The molecule has 138 valence electrons. The molecule has 0 spiro atoms. The first-order valence-corrected chi connectivity index (χ1v) is 10.4. The summed E-state index contributed by atoms with van der Waals surface area (Å²) in [6.07, 6.45) is 2.74. The highest BCUT2D eigenvalue weighted by atomic mass is 32.2. The van der Waals surface area contributed by atoms with Crippen molar-refractivity contribution in [1.29, 1.82) is 0 Å². The SMILES string of the molecule is Cc1ccc(S(=O)(=O)O)c(C(CC(C)C)(CC(C)C)CC(C)C)c1. The van der Waals surface area contributed by atoms with E-state index in [1.807, 2.05) is 13.0 Å². The van der Waals surface area contributed by atoms with Crippen LogP contribution in [-0.4, -0.2) is 13.0 Å². The van der Waals surface area contributed by atoms with E-state index in [1.54, 1.807) is 12.1 Å². The summed E-state index contributed by atoms with van der Waals surface area (Å²) >= 11 is 0. The molecule has 24 heavy (non-hydrogen) atoms. The van der Waals surface area contributed by atoms with Gasteiger partial charge in [0.05, 0.1) is 4.90 Å². The maximum absolute atomic E-state index is 12.0. The molecule has 0 saturated carbocycles. The minimum atomic E-state index is -4.24. The molecular weight excluding hydrogens is 320 g/mol. The number of benzene rings is 1. The van der Waals surface area contributed by atoms with E-state index >= 15 is 0 Å². The Bertz CT molecular complexity index is 616. The van der Waals surface area contributed by atoms with Gasteiger partial charge in [0.2, 0.25) is 0 Å². The van der Waals surface area contributed by atoms with E-state index in [4.69, 9.17) is 0 Å². The van der Waals surface area contributed by atoms with Crippen LogP contribution in [0.4, 0.5) is 0 Å². The fourth-order valence-electron chi connectivity index (χ4n) is 4.21. The van der Waals surface area contributed by atoms with Crippen molar-refractivity contribution in [3.05, 3.63) is 29.3 Å². The van der Waals surface area contributed by atoms with Gasteiger partial charge in [-0.1, -0.05) is 59.2 Å². The first-order valence-electron chi connectivity index (χ1n) is 8.96. The van der Waals surface area contributed by atoms with Gasteiger partial charge >= 0.3 is 0 Å². The summed E-state index contributed by atoms with van der Waals surface area (Å²) in [6, 6.07) is 5.30. The van der Waals surface area contributed by atoms with Gasteiger partial charge in [-0.25, -0.2) is 0 Å². The number of aryl methyl sites for hydroxylation is 1.